The molecule has 2 unspecified atom stereocenters. The summed E-state index contributed by atoms with van der Waals surface area (Å²) in [5.41, 5.74) is 5.62. The standard InChI is InChI=1S/C11H19N5O/c1-3-17-11-15-9(12)14-10(16-11)13-8-6-4-5-7(8)2/h7-8H,3-6H2,1-2H3,(H3,12,13,14,15,16). The highest BCUT2D eigenvalue weighted by Crippen LogP contribution is 2.27. The average Bonchev–Trinajstić information content (AvgIpc) is 2.64. The molecule has 6 nitrogen and oxygen atoms in total. The Labute approximate surface area is 101 Å². The van der Waals surface area contributed by atoms with Crippen molar-refractivity contribution in [2.75, 3.05) is 17.7 Å². The zero-order valence-electron chi connectivity index (χ0n) is 10.3. The number of rotatable bonds is 4. The Bertz CT molecular complexity index is 384. The van der Waals surface area contributed by atoms with Crippen molar-refractivity contribution < 1.29 is 4.74 Å². The fourth-order valence-corrected chi connectivity index (χ4v) is 2.16. The molecule has 1 saturated carbocycles. The maximum absolute atomic E-state index is 5.62. The smallest absolute Gasteiger partial charge is 0.323 e. The number of anilines is 2. The van der Waals surface area contributed by atoms with E-state index in [1.54, 1.807) is 0 Å². The van der Waals surface area contributed by atoms with Crippen LogP contribution in [0.15, 0.2) is 0 Å². The fraction of sp³-hybridized carbons (Fsp3) is 0.727. The van der Waals surface area contributed by atoms with Gasteiger partial charge in [0, 0.05) is 6.04 Å². The third-order valence-electron chi connectivity index (χ3n) is 3.08. The summed E-state index contributed by atoms with van der Waals surface area (Å²) in [6, 6.07) is 0.708. The van der Waals surface area contributed by atoms with Gasteiger partial charge >= 0.3 is 6.01 Å². The number of aromatic nitrogens is 3. The molecule has 1 fully saturated rings. The minimum absolute atomic E-state index is 0.191. The molecule has 0 radical (unpaired) electrons. The number of nitrogen functional groups attached to an aromatic ring is 1. The Balaban J connectivity index is 2.09. The Hall–Kier alpha value is -1.59. The molecule has 0 saturated heterocycles. The van der Waals surface area contributed by atoms with Crippen LogP contribution in [0.3, 0.4) is 0 Å². The molecule has 2 rings (SSSR count). The Morgan fingerprint density at radius 1 is 1.35 bits per heavy atom. The Morgan fingerprint density at radius 2 is 2.18 bits per heavy atom. The zero-order chi connectivity index (χ0) is 12.3. The van der Waals surface area contributed by atoms with Gasteiger partial charge in [-0.25, -0.2) is 0 Å². The number of nitrogens with two attached hydrogens (primary N) is 1. The van der Waals surface area contributed by atoms with E-state index in [0.29, 0.717) is 24.5 Å². The van der Waals surface area contributed by atoms with Crippen LogP contribution < -0.4 is 15.8 Å². The van der Waals surface area contributed by atoms with E-state index >= 15 is 0 Å². The van der Waals surface area contributed by atoms with Crippen molar-refractivity contribution >= 4 is 11.9 Å². The molecule has 94 valence electrons. The van der Waals surface area contributed by atoms with Crippen LogP contribution in [-0.2, 0) is 0 Å². The average molecular weight is 237 g/mol. The first kappa shape index (κ1) is 11.9. The fourth-order valence-electron chi connectivity index (χ4n) is 2.16. The SMILES string of the molecule is CCOc1nc(N)nc(NC2CCCC2C)n1. The van der Waals surface area contributed by atoms with E-state index in [2.05, 4.69) is 27.2 Å². The summed E-state index contributed by atoms with van der Waals surface area (Å²) < 4.78 is 5.24. The Kier molecular flexibility index (Phi) is 3.61. The van der Waals surface area contributed by atoms with Crippen LogP contribution in [0.5, 0.6) is 6.01 Å². The summed E-state index contributed by atoms with van der Waals surface area (Å²) in [6.45, 7) is 4.63. The maximum Gasteiger partial charge on any atom is 0.323 e. The molecule has 1 aromatic heterocycles. The minimum atomic E-state index is 0.191. The molecule has 1 aliphatic rings. The van der Waals surface area contributed by atoms with Gasteiger partial charge in [-0.3, -0.25) is 0 Å². The largest absolute Gasteiger partial charge is 0.464 e. The van der Waals surface area contributed by atoms with Gasteiger partial charge in [0.2, 0.25) is 11.9 Å². The van der Waals surface area contributed by atoms with Crippen LogP contribution in [0, 0.1) is 5.92 Å². The van der Waals surface area contributed by atoms with Crippen molar-refractivity contribution in [2.45, 2.75) is 39.2 Å². The lowest BCUT2D eigenvalue weighted by molar-refractivity contribution is 0.312. The monoisotopic (exact) mass is 237 g/mol. The highest BCUT2D eigenvalue weighted by Gasteiger charge is 2.24. The second kappa shape index (κ2) is 5.16. The van der Waals surface area contributed by atoms with Gasteiger partial charge < -0.3 is 15.8 Å². The van der Waals surface area contributed by atoms with Crippen LogP contribution in [0.25, 0.3) is 0 Å². The molecule has 0 amide bonds. The third kappa shape index (κ3) is 2.95. The minimum Gasteiger partial charge on any atom is -0.464 e. The highest BCUT2D eigenvalue weighted by molar-refractivity contribution is 5.34. The summed E-state index contributed by atoms with van der Waals surface area (Å²) in [7, 11) is 0. The van der Waals surface area contributed by atoms with Gasteiger partial charge in [0.15, 0.2) is 0 Å². The molecule has 2 atom stereocenters. The van der Waals surface area contributed by atoms with Crippen molar-refractivity contribution in [3.05, 3.63) is 0 Å². The van der Waals surface area contributed by atoms with Gasteiger partial charge in [-0.2, -0.15) is 15.0 Å². The number of hydrogen-bond acceptors (Lipinski definition) is 6. The van der Waals surface area contributed by atoms with Crippen molar-refractivity contribution in [3.63, 3.8) is 0 Å². The molecule has 1 aliphatic carbocycles. The predicted octanol–water partition coefficient (Wildman–Crippen LogP) is 1.45. The lowest BCUT2D eigenvalue weighted by atomic mass is 10.1. The first-order valence-electron chi connectivity index (χ1n) is 6.10. The van der Waals surface area contributed by atoms with Gasteiger partial charge in [-0.15, -0.1) is 0 Å². The summed E-state index contributed by atoms with van der Waals surface area (Å²) >= 11 is 0. The molecule has 3 N–H and O–H groups in total. The molecule has 17 heavy (non-hydrogen) atoms. The summed E-state index contributed by atoms with van der Waals surface area (Å²) in [5, 5.41) is 3.31. The van der Waals surface area contributed by atoms with Crippen molar-refractivity contribution in [1.82, 2.24) is 15.0 Å². The van der Waals surface area contributed by atoms with E-state index in [1.807, 2.05) is 6.92 Å². The van der Waals surface area contributed by atoms with Crippen LogP contribution in [0.1, 0.15) is 33.1 Å². The molecule has 6 heteroatoms. The van der Waals surface area contributed by atoms with E-state index in [0.717, 1.165) is 6.42 Å². The van der Waals surface area contributed by atoms with Crippen molar-refractivity contribution in [3.8, 4) is 6.01 Å². The molecule has 0 spiro atoms. The molecule has 0 bridgehead atoms. The van der Waals surface area contributed by atoms with Crippen LogP contribution in [0.2, 0.25) is 0 Å². The van der Waals surface area contributed by atoms with Gasteiger partial charge in [0.25, 0.3) is 0 Å². The van der Waals surface area contributed by atoms with Crippen LogP contribution in [-0.4, -0.2) is 27.6 Å². The van der Waals surface area contributed by atoms with E-state index in [1.165, 1.54) is 12.8 Å². The van der Waals surface area contributed by atoms with E-state index < -0.39 is 0 Å². The maximum atomic E-state index is 5.62. The van der Waals surface area contributed by atoms with E-state index in [-0.39, 0.29) is 12.0 Å². The molecule has 1 aromatic rings. The highest BCUT2D eigenvalue weighted by atomic mass is 16.5. The molecular weight excluding hydrogens is 218 g/mol. The summed E-state index contributed by atoms with van der Waals surface area (Å²) in [6.07, 6.45) is 3.64. The van der Waals surface area contributed by atoms with Gasteiger partial charge in [0.1, 0.15) is 0 Å². The normalized spacial score (nSPS) is 23.6. The van der Waals surface area contributed by atoms with Crippen molar-refractivity contribution in [1.29, 1.82) is 0 Å². The van der Waals surface area contributed by atoms with Crippen molar-refractivity contribution in [2.24, 2.45) is 5.92 Å². The van der Waals surface area contributed by atoms with Crippen LogP contribution >= 0.6 is 0 Å². The van der Waals surface area contributed by atoms with Gasteiger partial charge in [0.05, 0.1) is 6.61 Å². The predicted molar refractivity (Wildman–Crippen MR) is 65.8 cm³/mol. The Morgan fingerprint density at radius 3 is 2.82 bits per heavy atom. The lowest BCUT2D eigenvalue weighted by Gasteiger charge is -2.17. The third-order valence-corrected chi connectivity index (χ3v) is 3.08. The number of nitrogens with zero attached hydrogens (tertiary/aromatic N) is 3. The zero-order valence-corrected chi connectivity index (χ0v) is 10.3. The molecule has 0 aromatic carbocycles. The van der Waals surface area contributed by atoms with Gasteiger partial charge in [-0.1, -0.05) is 13.3 Å². The molecular formula is C11H19N5O. The first-order chi connectivity index (χ1) is 8.19. The topological polar surface area (TPSA) is 86.0 Å². The van der Waals surface area contributed by atoms with Crippen LogP contribution in [0.4, 0.5) is 11.9 Å². The number of ether oxygens (including phenoxy) is 1. The molecule has 1 heterocycles. The van der Waals surface area contributed by atoms with Gasteiger partial charge in [-0.05, 0) is 25.7 Å². The van der Waals surface area contributed by atoms with E-state index in [9.17, 15) is 0 Å². The quantitative estimate of drug-likeness (QED) is 0.824. The summed E-state index contributed by atoms with van der Waals surface area (Å²) in [5.74, 6) is 1.35. The number of hydrogen-bond donors (Lipinski definition) is 2. The van der Waals surface area contributed by atoms with E-state index in [4.69, 9.17) is 10.5 Å². The lowest BCUT2D eigenvalue weighted by Crippen LogP contribution is -2.23. The summed E-state index contributed by atoms with van der Waals surface area (Å²) in [4.78, 5) is 12.2. The second-order valence-electron chi connectivity index (χ2n) is 4.39. The second-order valence-corrected chi connectivity index (χ2v) is 4.39. The molecule has 0 aliphatic heterocycles. The first-order valence-corrected chi connectivity index (χ1v) is 6.10. The number of nitrogens with one attached hydrogen (secondary N) is 1.